The van der Waals surface area contributed by atoms with E-state index in [1.165, 1.54) is 12.1 Å². The number of hydrogen-bond donors (Lipinski definition) is 2. The lowest BCUT2D eigenvalue weighted by Gasteiger charge is -2.11. The normalized spacial score (nSPS) is 11.3. The van der Waals surface area contributed by atoms with Crippen molar-refractivity contribution in [2.75, 3.05) is 6.54 Å². The van der Waals surface area contributed by atoms with Crippen LogP contribution in [0.5, 0.6) is 0 Å². The molecule has 2 rings (SSSR count). The molecule has 0 aliphatic carbocycles. The maximum atomic E-state index is 12.9. The van der Waals surface area contributed by atoms with Gasteiger partial charge in [-0.15, -0.1) is 0 Å². The van der Waals surface area contributed by atoms with Crippen molar-refractivity contribution < 1.29 is 4.39 Å². The van der Waals surface area contributed by atoms with E-state index in [4.69, 9.17) is 11.6 Å². The third kappa shape index (κ3) is 5.33. The SMILES string of the molecule is CCNC(=NCc1ccc(Cl)nc1)NCc1ccc(F)cc1. The van der Waals surface area contributed by atoms with Gasteiger partial charge >= 0.3 is 0 Å². The van der Waals surface area contributed by atoms with E-state index in [0.29, 0.717) is 24.2 Å². The molecule has 0 aliphatic heterocycles. The van der Waals surface area contributed by atoms with Gasteiger partial charge < -0.3 is 10.6 Å². The fourth-order valence-electron chi connectivity index (χ4n) is 1.80. The second-order valence-corrected chi connectivity index (χ2v) is 5.05. The maximum absolute atomic E-state index is 12.9. The minimum Gasteiger partial charge on any atom is -0.357 e. The van der Waals surface area contributed by atoms with Crippen molar-refractivity contribution in [3.8, 4) is 0 Å². The molecule has 0 bridgehead atoms. The summed E-state index contributed by atoms with van der Waals surface area (Å²) < 4.78 is 12.9. The number of aliphatic imine (C=N–C) groups is 1. The van der Waals surface area contributed by atoms with Crippen molar-refractivity contribution in [2.24, 2.45) is 4.99 Å². The first kappa shape index (κ1) is 16.2. The molecule has 0 unspecified atom stereocenters. The van der Waals surface area contributed by atoms with E-state index >= 15 is 0 Å². The first-order chi connectivity index (χ1) is 10.7. The van der Waals surface area contributed by atoms with E-state index in [2.05, 4.69) is 20.6 Å². The van der Waals surface area contributed by atoms with Gasteiger partial charge in [0.05, 0.1) is 6.54 Å². The Kier molecular flexibility index (Phi) is 6.15. The highest BCUT2D eigenvalue weighted by atomic mass is 35.5. The van der Waals surface area contributed by atoms with Crippen LogP contribution in [0.15, 0.2) is 47.6 Å². The summed E-state index contributed by atoms with van der Waals surface area (Å²) in [5.41, 5.74) is 1.96. The van der Waals surface area contributed by atoms with Gasteiger partial charge in [-0.3, -0.25) is 0 Å². The van der Waals surface area contributed by atoms with E-state index in [0.717, 1.165) is 17.7 Å². The topological polar surface area (TPSA) is 49.3 Å². The number of hydrogen-bond acceptors (Lipinski definition) is 2. The lowest BCUT2D eigenvalue weighted by Crippen LogP contribution is -2.36. The molecule has 0 fully saturated rings. The maximum Gasteiger partial charge on any atom is 0.191 e. The van der Waals surface area contributed by atoms with Crippen LogP contribution in [0, 0.1) is 5.82 Å². The van der Waals surface area contributed by atoms with E-state index in [1.54, 1.807) is 24.4 Å². The first-order valence-corrected chi connectivity index (χ1v) is 7.42. The molecule has 4 nitrogen and oxygen atoms in total. The van der Waals surface area contributed by atoms with Crippen LogP contribution in [0.25, 0.3) is 0 Å². The third-order valence-electron chi connectivity index (χ3n) is 2.93. The lowest BCUT2D eigenvalue weighted by molar-refractivity contribution is 0.626. The Morgan fingerprint density at radius 2 is 1.86 bits per heavy atom. The molecule has 0 amide bonds. The fraction of sp³-hybridized carbons (Fsp3) is 0.250. The van der Waals surface area contributed by atoms with E-state index in [1.807, 2.05) is 13.0 Å². The van der Waals surface area contributed by atoms with Gasteiger partial charge in [-0.05, 0) is 36.2 Å². The average molecular weight is 321 g/mol. The van der Waals surface area contributed by atoms with Crippen LogP contribution in [0.2, 0.25) is 5.15 Å². The van der Waals surface area contributed by atoms with Gasteiger partial charge in [0.25, 0.3) is 0 Å². The molecule has 1 aromatic heterocycles. The molecule has 1 aromatic carbocycles. The second kappa shape index (κ2) is 8.34. The Morgan fingerprint density at radius 1 is 1.14 bits per heavy atom. The van der Waals surface area contributed by atoms with Crippen LogP contribution >= 0.6 is 11.6 Å². The number of nitrogens with zero attached hydrogens (tertiary/aromatic N) is 2. The molecular formula is C16H18ClFN4. The predicted molar refractivity (Wildman–Crippen MR) is 87.3 cm³/mol. The largest absolute Gasteiger partial charge is 0.357 e. The Bertz CT molecular complexity index is 611. The van der Waals surface area contributed by atoms with Crippen LogP contribution in [0.1, 0.15) is 18.1 Å². The lowest BCUT2D eigenvalue weighted by atomic mass is 10.2. The summed E-state index contributed by atoms with van der Waals surface area (Å²) in [7, 11) is 0. The smallest absolute Gasteiger partial charge is 0.191 e. The number of pyridine rings is 1. The molecule has 0 atom stereocenters. The van der Waals surface area contributed by atoms with Crippen molar-refractivity contribution >= 4 is 17.6 Å². The Morgan fingerprint density at radius 3 is 2.50 bits per heavy atom. The molecule has 0 aliphatic rings. The van der Waals surface area contributed by atoms with Gasteiger partial charge in [0.2, 0.25) is 0 Å². The standard InChI is InChI=1S/C16H18ClFN4/c1-2-19-16(21-9-12-3-6-14(18)7-4-12)22-11-13-5-8-15(17)20-10-13/h3-8,10H,2,9,11H2,1H3,(H2,19,21,22). The first-order valence-electron chi connectivity index (χ1n) is 7.04. The molecule has 22 heavy (non-hydrogen) atoms. The highest BCUT2D eigenvalue weighted by molar-refractivity contribution is 6.29. The summed E-state index contributed by atoms with van der Waals surface area (Å²) in [4.78, 5) is 8.51. The van der Waals surface area contributed by atoms with Crippen LogP contribution in [0.3, 0.4) is 0 Å². The number of halogens is 2. The van der Waals surface area contributed by atoms with Gasteiger partial charge in [-0.25, -0.2) is 14.4 Å². The molecule has 1 heterocycles. The highest BCUT2D eigenvalue weighted by Crippen LogP contribution is 2.06. The molecule has 2 N–H and O–H groups in total. The zero-order valence-corrected chi connectivity index (χ0v) is 13.1. The summed E-state index contributed by atoms with van der Waals surface area (Å²) >= 11 is 5.75. The Labute approximate surface area is 134 Å². The quantitative estimate of drug-likeness (QED) is 0.505. The molecule has 0 spiro atoms. The van der Waals surface area contributed by atoms with Crippen LogP contribution in [0.4, 0.5) is 4.39 Å². The number of benzene rings is 1. The zero-order chi connectivity index (χ0) is 15.8. The molecule has 0 saturated carbocycles. The number of aromatic nitrogens is 1. The minimum absolute atomic E-state index is 0.237. The minimum atomic E-state index is -0.237. The predicted octanol–water partition coefficient (Wildman–Crippen LogP) is 3.13. The van der Waals surface area contributed by atoms with Crippen LogP contribution in [-0.4, -0.2) is 17.5 Å². The number of guanidine groups is 1. The molecule has 0 saturated heterocycles. The van der Waals surface area contributed by atoms with E-state index in [9.17, 15) is 4.39 Å². The Balaban J connectivity index is 1.94. The van der Waals surface area contributed by atoms with Crippen LogP contribution in [-0.2, 0) is 13.1 Å². The van der Waals surface area contributed by atoms with Gasteiger partial charge in [0.1, 0.15) is 11.0 Å². The van der Waals surface area contributed by atoms with Gasteiger partial charge in [-0.1, -0.05) is 29.8 Å². The molecular weight excluding hydrogens is 303 g/mol. The number of rotatable bonds is 5. The van der Waals surface area contributed by atoms with E-state index < -0.39 is 0 Å². The monoisotopic (exact) mass is 320 g/mol. The number of nitrogens with one attached hydrogen (secondary N) is 2. The van der Waals surface area contributed by atoms with Crippen molar-refractivity contribution in [2.45, 2.75) is 20.0 Å². The molecule has 6 heteroatoms. The van der Waals surface area contributed by atoms with Crippen molar-refractivity contribution in [3.63, 3.8) is 0 Å². The van der Waals surface area contributed by atoms with Gasteiger partial charge in [-0.2, -0.15) is 0 Å². The Hall–Kier alpha value is -2.14. The third-order valence-corrected chi connectivity index (χ3v) is 3.15. The zero-order valence-electron chi connectivity index (χ0n) is 12.3. The van der Waals surface area contributed by atoms with E-state index in [-0.39, 0.29) is 5.82 Å². The summed E-state index contributed by atoms with van der Waals surface area (Å²) in [5.74, 6) is 0.460. The molecule has 2 aromatic rings. The second-order valence-electron chi connectivity index (χ2n) is 4.66. The van der Waals surface area contributed by atoms with Crippen molar-refractivity contribution in [3.05, 3.63) is 64.7 Å². The molecule has 0 radical (unpaired) electrons. The fourth-order valence-corrected chi connectivity index (χ4v) is 1.91. The van der Waals surface area contributed by atoms with Crippen molar-refractivity contribution in [1.82, 2.24) is 15.6 Å². The van der Waals surface area contributed by atoms with Gasteiger partial charge in [0.15, 0.2) is 5.96 Å². The summed E-state index contributed by atoms with van der Waals surface area (Å²) in [6, 6.07) is 10.0. The van der Waals surface area contributed by atoms with Crippen molar-refractivity contribution in [1.29, 1.82) is 0 Å². The highest BCUT2D eigenvalue weighted by Gasteiger charge is 1.99. The van der Waals surface area contributed by atoms with Crippen LogP contribution < -0.4 is 10.6 Å². The molecule has 116 valence electrons. The van der Waals surface area contributed by atoms with Gasteiger partial charge in [0, 0.05) is 19.3 Å². The summed E-state index contributed by atoms with van der Waals surface area (Å²) in [6.45, 7) is 3.83. The summed E-state index contributed by atoms with van der Waals surface area (Å²) in [5, 5.41) is 6.84. The summed E-state index contributed by atoms with van der Waals surface area (Å²) in [6.07, 6.45) is 1.70. The average Bonchev–Trinajstić information content (AvgIpc) is 2.53.